The van der Waals surface area contributed by atoms with Crippen LogP contribution in [0.4, 0.5) is 5.69 Å². The molecule has 0 aliphatic carbocycles. The molecule has 0 aliphatic rings. The van der Waals surface area contributed by atoms with Gasteiger partial charge < -0.3 is 10.8 Å². The van der Waals surface area contributed by atoms with Crippen LogP contribution in [-0.4, -0.2) is 11.1 Å². The predicted molar refractivity (Wildman–Crippen MR) is 49.3 cm³/mol. The van der Waals surface area contributed by atoms with Crippen LogP contribution in [0.1, 0.15) is 17.7 Å². The molecule has 0 aromatic carbocycles. The van der Waals surface area contributed by atoms with Crippen LogP contribution in [0.25, 0.3) is 0 Å². The Bertz CT molecular complexity index is 270. The van der Waals surface area contributed by atoms with Gasteiger partial charge in [-0.2, -0.15) is 0 Å². The summed E-state index contributed by atoms with van der Waals surface area (Å²) in [4.78, 5) is 11.3. The van der Waals surface area contributed by atoms with Crippen molar-refractivity contribution in [2.75, 3.05) is 5.73 Å². The van der Waals surface area contributed by atoms with E-state index in [1.165, 1.54) is 0 Å². The van der Waals surface area contributed by atoms with Crippen molar-refractivity contribution in [1.29, 1.82) is 0 Å². The Morgan fingerprint density at radius 2 is 2.42 bits per heavy atom. The molecule has 0 atom stereocenters. The Labute approximate surface area is 74.8 Å². The zero-order valence-electron chi connectivity index (χ0n) is 6.62. The molecule has 12 heavy (non-hydrogen) atoms. The first-order valence-corrected chi connectivity index (χ1v) is 4.62. The lowest BCUT2D eigenvalue weighted by Crippen LogP contribution is -1.96. The molecule has 0 spiro atoms. The molecule has 3 nitrogen and oxygen atoms in total. The Morgan fingerprint density at radius 1 is 1.67 bits per heavy atom. The summed E-state index contributed by atoms with van der Waals surface area (Å²) in [5, 5.41) is 10.3. The number of nitrogens with two attached hydrogens (primary N) is 1. The molecule has 0 amide bonds. The number of hydrogen-bond acceptors (Lipinski definition) is 3. The number of carboxylic acid groups (broad SMARTS) is 1. The molecule has 1 rings (SSSR count). The Balaban J connectivity index is 2.33. The van der Waals surface area contributed by atoms with Crippen molar-refractivity contribution < 1.29 is 9.90 Å². The highest BCUT2D eigenvalue weighted by molar-refractivity contribution is 7.10. The van der Waals surface area contributed by atoms with Crippen molar-refractivity contribution in [3.05, 3.63) is 16.3 Å². The van der Waals surface area contributed by atoms with Gasteiger partial charge in [0.2, 0.25) is 0 Å². The Kier molecular flexibility index (Phi) is 3.10. The number of anilines is 1. The van der Waals surface area contributed by atoms with Crippen molar-refractivity contribution in [2.45, 2.75) is 19.3 Å². The Morgan fingerprint density at radius 3 is 2.92 bits per heavy atom. The summed E-state index contributed by atoms with van der Waals surface area (Å²) in [6.45, 7) is 0. The summed E-state index contributed by atoms with van der Waals surface area (Å²) in [6.07, 6.45) is 1.66. The van der Waals surface area contributed by atoms with Crippen molar-refractivity contribution in [2.24, 2.45) is 0 Å². The molecule has 0 radical (unpaired) electrons. The molecule has 0 fully saturated rings. The molecule has 0 bridgehead atoms. The number of rotatable bonds is 4. The minimum Gasteiger partial charge on any atom is -0.481 e. The van der Waals surface area contributed by atoms with E-state index in [4.69, 9.17) is 10.8 Å². The van der Waals surface area contributed by atoms with E-state index in [0.29, 0.717) is 6.42 Å². The highest BCUT2D eigenvalue weighted by Crippen LogP contribution is 2.20. The van der Waals surface area contributed by atoms with E-state index < -0.39 is 5.97 Å². The van der Waals surface area contributed by atoms with Crippen LogP contribution in [0.2, 0.25) is 0 Å². The van der Waals surface area contributed by atoms with Crippen LogP contribution in [-0.2, 0) is 11.2 Å². The van der Waals surface area contributed by atoms with Gasteiger partial charge in [0.1, 0.15) is 0 Å². The highest BCUT2D eigenvalue weighted by atomic mass is 32.1. The molecular weight excluding hydrogens is 174 g/mol. The number of thiophene rings is 1. The van der Waals surface area contributed by atoms with Crippen molar-refractivity contribution in [1.82, 2.24) is 0 Å². The zero-order valence-corrected chi connectivity index (χ0v) is 7.43. The fourth-order valence-electron chi connectivity index (χ4n) is 0.954. The fraction of sp³-hybridized carbons (Fsp3) is 0.375. The second-order valence-electron chi connectivity index (χ2n) is 2.55. The lowest BCUT2D eigenvalue weighted by atomic mass is 10.2. The zero-order chi connectivity index (χ0) is 8.97. The molecule has 3 N–H and O–H groups in total. The number of carboxylic acids is 1. The van der Waals surface area contributed by atoms with Gasteiger partial charge in [-0.25, -0.2) is 0 Å². The molecule has 1 aromatic rings. The smallest absolute Gasteiger partial charge is 0.303 e. The van der Waals surface area contributed by atoms with E-state index in [0.717, 1.165) is 17.0 Å². The first-order chi connectivity index (χ1) is 5.70. The summed E-state index contributed by atoms with van der Waals surface area (Å²) >= 11 is 1.58. The standard InChI is InChI=1S/C8H11NO2S/c9-6-4-5-12-7(6)2-1-3-8(10)11/h4-5H,1-3,9H2,(H,10,11). The third-order valence-corrected chi connectivity index (χ3v) is 2.57. The lowest BCUT2D eigenvalue weighted by Gasteiger charge is -1.96. The minimum atomic E-state index is -0.745. The molecule has 66 valence electrons. The van der Waals surface area contributed by atoms with Crippen molar-refractivity contribution in [3.63, 3.8) is 0 Å². The van der Waals surface area contributed by atoms with Gasteiger partial charge >= 0.3 is 5.97 Å². The number of carbonyl (C=O) groups is 1. The van der Waals surface area contributed by atoms with Gasteiger partial charge in [-0.05, 0) is 24.3 Å². The highest BCUT2D eigenvalue weighted by Gasteiger charge is 2.02. The molecule has 1 aromatic heterocycles. The summed E-state index contributed by atoms with van der Waals surface area (Å²) in [6, 6.07) is 1.85. The van der Waals surface area contributed by atoms with Crippen LogP contribution in [0, 0.1) is 0 Å². The van der Waals surface area contributed by atoms with Crippen LogP contribution in [0.15, 0.2) is 11.4 Å². The maximum atomic E-state index is 10.2. The average Bonchev–Trinajstić information content (AvgIpc) is 2.36. The average molecular weight is 185 g/mol. The molecule has 0 saturated heterocycles. The van der Waals surface area contributed by atoms with Crippen LogP contribution >= 0.6 is 11.3 Å². The SMILES string of the molecule is Nc1ccsc1CCCC(=O)O. The topological polar surface area (TPSA) is 63.3 Å². The summed E-state index contributed by atoms with van der Waals surface area (Å²) in [5.41, 5.74) is 6.40. The van der Waals surface area contributed by atoms with Gasteiger partial charge in [-0.3, -0.25) is 4.79 Å². The number of aliphatic carboxylic acids is 1. The Hall–Kier alpha value is -1.03. The largest absolute Gasteiger partial charge is 0.481 e. The summed E-state index contributed by atoms with van der Waals surface area (Å²) < 4.78 is 0. The summed E-state index contributed by atoms with van der Waals surface area (Å²) in [7, 11) is 0. The van der Waals surface area contributed by atoms with Gasteiger partial charge in [0.15, 0.2) is 0 Å². The van der Waals surface area contributed by atoms with Gasteiger partial charge in [0.25, 0.3) is 0 Å². The van der Waals surface area contributed by atoms with Gasteiger partial charge in [0.05, 0.1) is 0 Å². The van der Waals surface area contributed by atoms with Crippen molar-refractivity contribution >= 4 is 23.0 Å². The monoisotopic (exact) mass is 185 g/mol. The third-order valence-electron chi connectivity index (χ3n) is 1.57. The maximum Gasteiger partial charge on any atom is 0.303 e. The first-order valence-electron chi connectivity index (χ1n) is 3.74. The fourth-order valence-corrected chi connectivity index (χ4v) is 1.80. The second kappa shape index (κ2) is 4.11. The third kappa shape index (κ3) is 2.54. The molecule has 1 heterocycles. The molecule has 0 unspecified atom stereocenters. The quantitative estimate of drug-likeness (QED) is 0.751. The minimum absolute atomic E-state index is 0.220. The predicted octanol–water partition coefficient (Wildman–Crippen LogP) is 1.74. The van der Waals surface area contributed by atoms with E-state index in [2.05, 4.69) is 0 Å². The maximum absolute atomic E-state index is 10.2. The van der Waals surface area contributed by atoms with Crippen molar-refractivity contribution in [3.8, 4) is 0 Å². The number of aryl methyl sites for hydroxylation is 1. The lowest BCUT2D eigenvalue weighted by molar-refractivity contribution is -0.137. The molecule has 4 heteroatoms. The van der Waals surface area contributed by atoms with Crippen LogP contribution in [0.3, 0.4) is 0 Å². The molecule has 0 saturated carbocycles. The van der Waals surface area contributed by atoms with Crippen LogP contribution in [0.5, 0.6) is 0 Å². The van der Waals surface area contributed by atoms with E-state index in [1.54, 1.807) is 11.3 Å². The van der Waals surface area contributed by atoms with Gasteiger partial charge in [-0.15, -0.1) is 11.3 Å². The first kappa shape index (κ1) is 9.06. The normalized spacial score (nSPS) is 10.0. The molecule has 0 aliphatic heterocycles. The molecular formula is C8H11NO2S. The number of hydrogen-bond donors (Lipinski definition) is 2. The van der Waals surface area contributed by atoms with E-state index in [1.807, 2.05) is 11.4 Å². The van der Waals surface area contributed by atoms with Gasteiger partial charge in [0, 0.05) is 17.0 Å². The number of nitrogen functional groups attached to an aromatic ring is 1. The van der Waals surface area contributed by atoms with E-state index in [-0.39, 0.29) is 6.42 Å². The van der Waals surface area contributed by atoms with E-state index >= 15 is 0 Å². The van der Waals surface area contributed by atoms with Crippen LogP contribution < -0.4 is 5.73 Å². The van der Waals surface area contributed by atoms with E-state index in [9.17, 15) is 4.79 Å². The van der Waals surface area contributed by atoms with Gasteiger partial charge in [-0.1, -0.05) is 0 Å². The second-order valence-corrected chi connectivity index (χ2v) is 3.55. The summed E-state index contributed by atoms with van der Waals surface area (Å²) in [5.74, 6) is -0.745.